The highest BCUT2D eigenvalue weighted by molar-refractivity contribution is 7.98. The molecule has 0 fully saturated rings. The molecule has 8 heteroatoms. The molecule has 0 spiro atoms. The smallest absolute Gasteiger partial charge is 0.262 e. The first kappa shape index (κ1) is 24.4. The van der Waals surface area contributed by atoms with Crippen LogP contribution >= 0.6 is 11.8 Å². The van der Waals surface area contributed by atoms with Gasteiger partial charge in [0.1, 0.15) is 0 Å². The Morgan fingerprint density at radius 3 is 2.61 bits per heavy atom. The van der Waals surface area contributed by atoms with Crippen LogP contribution in [0.1, 0.15) is 32.6 Å². The average Bonchev–Trinajstić information content (AvgIpc) is 2.80. The maximum absolute atomic E-state index is 12.8. The van der Waals surface area contributed by atoms with Crippen LogP contribution in [0.4, 0.5) is 5.69 Å². The predicted octanol–water partition coefficient (Wildman–Crippen LogP) is 4.64. The Labute approximate surface area is 199 Å². The second-order valence-electron chi connectivity index (χ2n) is 7.53. The number of rotatable bonds is 9. The summed E-state index contributed by atoms with van der Waals surface area (Å²) in [5, 5.41) is 12.0. The lowest BCUT2D eigenvalue weighted by atomic mass is 10.1. The Bertz CT molecular complexity index is 1300. The van der Waals surface area contributed by atoms with E-state index in [1.165, 1.54) is 6.07 Å². The first-order chi connectivity index (χ1) is 15.8. The summed E-state index contributed by atoms with van der Waals surface area (Å²) in [5.41, 5.74) is 3.83. The fourth-order valence-electron chi connectivity index (χ4n) is 3.21. The lowest BCUT2D eigenvalue weighted by molar-refractivity contribution is 0.0956. The van der Waals surface area contributed by atoms with Crippen molar-refractivity contribution < 1.29 is 13.2 Å². The molecule has 0 bridgehead atoms. The largest absolute Gasteiger partial charge is 0.351 e. The summed E-state index contributed by atoms with van der Waals surface area (Å²) >= 11 is 1.63. The molecule has 3 rings (SSSR count). The molecular weight excluding hydrogens is 454 g/mol. The molecule has 170 valence electrons. The van der Waals surface area contributed by atoms with Gasteiger partial charge in [0.15, 0.2) is 0 Å². The summed E-state index contributed by atoms with van der Waals surface area (Å²) in [6.07, 6.45) is 0. The molecule has 0 unspecified atom stereocenters. The summed E-state index contributed by atoms with van der Waals surface area (Å²) in [4.78, 5) is 12.7. The number of thioether (sulfide) groups is 1. The maximum atomic E-state index is 12.8. The van der Waals surface area contributed by atoms with Crippen molar-refractivity contribution in [2.75, 3.05) is 17.0 Å². The Hall–Kier alpha value is -3.28. The first-order valence-electron chi connectivity index (χ1n) is 10.3. The molecule has 0 radical (unpaired) electrons. The van der Waals surface area contributed by atoms with E-state index in [2.05, 4.69) is 16.1 Å². The molecule has 0 saturated heterocycles. The van der Waals surface area contributed by atoms with Gasteiger partial charge in [-0.05, 0) is 60.9 Å². The van der Waals surface area contributed by atoms with Crippen molar-refractivity contribution in [2.45, 2.75) is 24.5 Å². The third kappa shape index (κ3) is 6.60. The van der Waals surface area contributed by atoms with E-state index in [0.717, 1.165) is 11.1 Å². The van der Waals surface area contributed by atoms with Crippen molar-refractivity contribution in [1.82, 2.24) is 5.32 Å². The monoisotopic (exact) mass is 479 g/mol. The molecule has 1 amide bonds. The first-order valence-corrected chi connectivity index (χ1v) is 13.0. The van der Waals surface area contributed by atoms with Crippen molar-refractivity contribution in [3.63, 3.8) is 0 Å². The van der Waals surface area contributed by atoms with Gasteiger partial charge in [-0.3, -0.25) is 9.52 Å². The molecule has 0 aliphatic heterocycles. The summed E-state index contributed by atoms with van der Waals surface area (Å²) < 4.78 is 28.2. The van der Waals surface area contributed by atoms with E-state index in [-0.39, 0.29) is 10.8 Å². The van der Waals surface area contributed by atoms with Crippen LogP contribution < -0.4 is 10.0 Å². The van der Waals surface area contributed by atoms with Gasteiger partial charge < -0.3 is 5.32 Å². The lowest BCUT2D eigenvalue weighted by Gasteiger charge is -2.12. The predicted molar refractivity (Wildman–Crippen MR) is 133 cm³/mol. The molecule has 0 aliphatic rings. The molecule has 2 N–H and O–H groups in total. The standard InChI is InChI=1S/C25H25N3O3S2/c1-18-10-11-19(2)24(14-18)33(30,31)28-23-9-5-8-20(15-23)25(29)27-12-13-32-17-22-7-4-3-6-21(22)16-26/h3-11,14-15,28H,12-13,17H2,1-2H3,(H,27,29). The minimum Gasteiger partial charge on any atom is -0.351 e. The van der Waals surface area contributed by atoms with Crippen LogP contribution in [-0.4, -0.2) is 26.6 Å². The van der Waals surface area contributed by atoms with Gasteiger partial charge in [-0.1, -0.05) is 36.4 Å². The van der Waals surface area contributed by atoms with Crippen molar-refractivity contribution in [2.24, 2.45) is 0 Å². The second kappa shape index (κ2) is 11.0. The fraction of sp³-hybridized carbons (Fsp3) is 0.200. The van der Waals surface area contributed by atoms with Gasteiger partial charge >= 0.3 is 0 Å². The van der Waals surface area contributed by atoms with Gasteiger partial charge in [-0.2, -0.15) is 17.0 Å². The van der Waals surface area contributed by atoms with E-state index in [0.29, 0.717) is 40.4 Å². The van der Waals surface area contributed by atoms with E-state index >= 15 is 0 Å². The Morgan fingerprint density at radius 1 is 1.03 bits per heavy atom. The van der Waals surface area contributed by atoms with Crippen LogP contribution in [0.25, 0.3) is 0 Å². The van der Waals surface area contributed by atoms with Crippen LogP contribution in [0.5, 0.6) is 0 Å². The highest BCUT2D eigenvalue weighted by atomic mass is 32.2. The number of nitriles is 1. The molecule has 0 aliphatic carbocycles. The number of nitrogens with one attached hydrogen (secondary N) is 2. The summed E-state index contributed by atoms with van der Waals surface area (Å²) in [7, 11) is -3.77. The number of sulfonamides is 1. The van der Waals surface area contributed by atoms with Gasteiger partial charge in [-0.25, -0.2) is 8.42 Å². The van der Waals surface area contributed by atoms with E-state index in [1.54, 1.807) is 55.1 Å². The van der Waals surface area contributed by atoms with Gasteiger partial charge in [-0.15, -0.1) is 0 Å². The maximum Gasteiger partial charge on any atom is 0.262 e. The van der Waals surface area contributed by atoms with Gasteiger partial charge in [0.05, 0.1) is 16.5 Å². The van der Waals surface area contributed by atoms with Crippen molar-refractivity contribution in [3.8, 4) is 6.07 Å². The quantitative estimate of drug-likeness (QED) is 0.436. The van der Waals surface area contributed by atoms with Crippen LogP contribution in [-0.2, 0) is 15.8 Å². The average molecular weight is 480 g/mol. The fourth-order valence-corrected chi connectivity index (χ4v) is 5.45. The minimum absolute atomic E-state index is 0.215. The van der Waals surface area contributed by atoms with Crippen molar-refractivity contribution in [1.29, 1.82) is 5.26 Å². The molecule has 0 aromatic heterocycles. The Morgan fingerprint density at radius 2 is 1.82 bits per heavy atom. The number of nitrogens with zero attached hydrogens (tertiary/aromatic N) is 1. The number of hydrogen-bond acceptors (Lipinski definition) is 5. The van der Waals surface area contributed by atoms with Gasteiger partial charge in [0, 0.05) is 29.3 Å². The van der Waals surface area contributed by atoms with Crippen LogP contribution in [0.15, 0.2) is 71.6 Å². The number of carbonyl (C=O) groups excluding carboxylic acids is 1. The number of hydrogen-bond donors (Lipinski definition) is 2. The summed E-state index contributed by atoms with van der Waals surface area (Å²) in [6, 6.07) is 21.3. The van der Waals surface area contributed by atoms with Gasteiger partial charge in [0.25, 0.3) is 15.9 Å². The van der Waals surface area contributed by atoms with Crippen molar-refractivity contribution in [3.05, 3.63) is 94.5 Å². The summed E-state index contributed by atoms with van der Waals surface area (Å²) in [5.74, 6) is 1.10. The molecule has 0 atom stereocenters. The van der Waals surface area contributed by atoms with E-state index in [9.17, 15) is 13.2 Å². The van der Waals surface area contributed by atoms with Crippen LogP contribution in [0.3, 0.4) is 0 Å². The molecule has 0 heterocycles. The van der Waals surface area contributed by atoms with Gasteiger partial charge in [0.2, 0.25) is 0 Å². The third-order valence-electron chi connectivity index (χ3n) is 4.94. The molecule has 33 heavy (non-hydrogen) atoms. The third-order valence-corrected chi connectivity index (χ3v) is 7.47. The zero-order valence-corrected chi connectivity index (χ0v) is 20.1. The number of anilines is 1. The van der Waals surface area contributed by atoms with E-state index < -0.39 is 10.0 Å². The second-order valence-corrected chi connectivity index (χ2v) is 10.3. The SMILES string of the molecule is Cc1ccc(C)c(S(=O)(=O)Nc2cccc(C(=O)NCCSCc3ccccc3C#N)c2)c1. The van der Waals surface area contributed by atoms with Crippen LogP contribution in [0, 0.1) is 25.2 Å². The highest BCUT2D eigenvalue weighted by Crippen LogP contribution is 2.21. The Balaban J connectivity index is 1.56. The topological polar surface area (TPSA) is 99.1 Å². The highest BCUT2D eigenvalue weighted by Gasteiger charge is 2.18. The zero-order valence-electron chi connectivity index (χ0n) is 18.5. The Kier molecular flexibility index (Phi) is 8.15. The summed E-state index contributed by atoms with van der Waals surface area (Å²) in [6.45, 7) is 4.04. The van der Waals surface area contributed by atoms with E-state index in [4.69, 9.17) is 5.26 Å². The number of aryl methyl sites for hydroxylation is 2. The lowest BCUT2D eigenvalue weighted by Crippen LogP contribution is -2.26. The number of amides is 1. The zero-order chi connectivity index (χ0) is 23.8. The molecular formula is C25H25N3O3S2. The molecule has 0 saturated carbocycles. The molecule has 6 nitrogen and oxygen atoms in total. The minimum atomic E-state index is -3.77. The number of carbonyl (C=O) groups is 1. The normalized spacial score (nSPS) is 10.9. The van der Waals surface area contributed by atoms with Crippen LogP contribution in [0.2, 0.25) is 0 Å². The molecule has 3 aromatic carbocycles. The van der Waals surface area contributed by atoms with Crippen molar-refractivity contribution >= 4 is 33.4 Å². The van der Waals surface area contributed by atoms with E-state index in [1.807, 2.05) is 31.2 Å². The molecule has 3 aromatic rings. The number of benzene rings is 3.